The maximum absolute atomic E-state index is 14.6. The molecule has 1 amide bonds. The Hall–Kier alpha value is -3.37. The number of aldehydes is 1. The van der Waals surface area contributed by atoms with E-state index in [1.54, 1.807) is 20.1 Å². The molecule has 1 fully saturated rings. The van der Waals surface area contributed by atoms with Crippen LogP contribution in [0.4, 0.5) is 4.39 Å². The summed E-state index contributed by atoms with van der Waals surface area (Å²) in [5.41, 5.74) is 11.1. The predicted molar refractivity (Wildman–Crippen MR) is 161 cm³/mol. The highest BCUT2D eigenvalue weighted by molar-refractivity contribution is 5.92. The number of hydrogen-bond acceptors (Lipinski definition) is 8. The highest BCUT2D eigenvalue weighted by Crippen LogP contribution is 2.42. The van der Waals surface area contributed by atoms with E-state index < -0.39 is 23.9 Å². The molecular weight excluding hydrogens is 541 g/mol. The number of aryl methyl sites for hydroxylation is 2. The highest BCUT2D eigenvalue weighted by Gasteiger charge is 2.40. The number of halogens is 1. The molecule has 4 unspecified atom stereocenters. The van der Waals surface area contributed by atoms with Crippen molar-refractivity contribution in [1.29, 1.82) is 0 Å². The number of hydrogen-bond donors (Lipinski definition) is 2. The van der Waals surface area contributed by atoms with Crippen LogP contribution in [0.5, 0.6) is 0 Å². The zero-order valence-corrected chi connectivity index (χ0v) is 26.1. The first kappa shape index (κ1) is 34.8. The number of fused-ring (bicyclic) bond motifs is 2. The van der Waals surface area contributed by atoms with Crippen LogP contribution in [0.1, 0.15) is 75.4 Å². The Kier molecular flexibility index (Phi) is 13.1. The summed E-state index contributed by atoms with van der Waals surface area (Å²) in [6.07, 6.45) is 4.06. The highest BCUT2D eigenvalue weighted by atomic mass is 19.1. The molecule has 3 N–H and O–H groups in total. The Morgan fingerprint density at radius 3 is 2.48 bits per heavy atom. The first-order chi connectivity index (χ1) is 20.1. The second-order valence-corrected chi connectivity index (χ2v) is 10.2. The molecule has 3 heterocycles. The third-order valence-electron chi connectivity index (χ3n) is 7.65. The number of ether oxygens (including phenoxy) is 2. The van der Waals surface area contributed by atoms with Crippen molar-refractivity contribution in [2.75, 3.05) is 20.8 Å². The molecule has 1 aromatic heterocycles. The Morgan fingerprint density at radius 1 is 1.26 bits per heavy atom. The normalized spacial score (nSPS) is 22.0. The minimum Gasteiger partial charge on any atom is -0.463 e. The summed E-state index contributed by atoms with van der Waals surface area (Å²) in [6.45, 7) is 12.2. The maximum Gasteiger partial charge on any atom is 0.335 e. The van der Waals surface area contributed by atoms with Gasteiger partial charge in [0.1, 0.15) is 18.7 Å². The average Bonchev–Trinajstić information content (AvgIpc) is 3.30. The van der Waals surface area contributed by atoms with Gasteiger partial charge in [0.25, 0.3) is 0 Å². The Labute approximate surface area is 248 Å². The first-order valence-electron chi connectivity index (χ1n) is 14.7. The number of nitrogens with zero attached hydrogens (tertiary/aromatic N) is 2. The summed E-state index contributed by atoms with van der Waals surface area (Å²) in [5.74, 6) is -2.60. The van der Waals surface area contributed by atoms with Gasteiger partial charge in [-0.1, -0.05) is 33.8 Å². The van der Waals surface area contributed by atoms with E-state index in [1.165, 1.54) is 11.6 Å². The third-order valence-corrected chi connectivity index (χ3v) is 7.65. The van der Waals surface area contributed by atoms with E-state index in [-0.39, 0.29) is 24.4 Å². The zero-order chi connectivity index (χ0) is 31.7. The fourth-order valence-corrected chi connectivity index (χ4v) is 5.47. The number of carbonyl (C=O) groups excluding carboxylic acids is 3. The topological polar surface area (TPSA) is 132 Å². The number of cyclic esters (lactones) is 1. The van der Waals surface area contributed by atoms with Crippen molar-refractivity contribution in [1.82, 2.24) is 9.88 Å². The smallest absolute Gasteiger partial charge is 0.335 e. The first-order valence-corrected chi connectivity index (χ1v) is 14.7. The Morgan fingerprint density at radius 2 is 1.90 bits per heavy atom. The molecule has 232 valence electrons. The average molecular weight is 588 g/mol. The lowest BCUT2D eigenvalue weighted by atomic mass is 9.84. The van der Waals surface area contributed by atoms with Gasteiger partial charge < -0.3 is 30.0 Å². The number of aromatic nitrogens is 1. The summed E-state index contributed by atoms with van der Waals surface area (Å²) in [4.78, 5) is 40.3. The summed E-state index contributed by atoms with van der Waals surface area (Å²) in [5, 5.41) is 11.4. The van der Waals surface area contributed by atoms with E-state index >= 15 is 0 Å². The lowest BCUT2D eigenvalue weighted by Gasteiger charge is -2.30. The van der Waals surface area contributed by atoms with Gasteiger partial charge in [-0.15, -0.1) is 0 Å². The van der Waals surface area contributed by atoms with Crippen LogP contribution in [-0.2, 0) is 43.2 Å². The van der Waals surface area contributed by atoms with Crippen LogP contribution < -0.4 is 5.73 Å². The number of carbonyl (C=O) groups is 3. The van der Waals surface area contributed by atoms with E-state index in [9.17, 15) is 23.9 Å². The molecule has 3 aliphatic rings. The molecule has 0 saturated carbocycles. The standard InChI is InChI=1S/C23H23FN2O4.C5H11NO2.2C2H6/c1-11-13-4-3-5-14-16-8-26(2)19(21(16)25-18(20(13)14)7-17(11)24)6-15-12(9-27)10-30-23(29)22(15)28;1-4(8-2)3-5(6)7;2*1-2/h6-7,9,12,15,22,28H,3-5,8,10H2,1-2H3;4H,3H2,1-2H3,(H2,6,7);2*1-2H3/b19-6-;;;. The zero-order valence-electron chi connectivity index (χ0n) is 26.1. The molecular formula is C32H46FN3O6. The van der Waals surface area contributed by atoms with Gasteiger partial charge in [-0.3, -0.25) is 4.79 Å². The predicted octanol–water partition coefficient (Wildman–Crippen LogP) is 4.26. The van der Waals surface area contributed by atoms with Crippen LogP contribution in [-0.4, -0.2) is 66.1 Å². The molecule has 10 heteroatoms. The third kappa shape index (κ3) is 7.33. The van der Waals surface area contributed by atoms with Gasteiger partial charge in [0.05, 0.1) is 35.4 Å². The SMILES string of the molecule is CC.CC.COC(C)CC(N)=O.Cc1c(F)cc2nc3c(c4c2c1CCC4)CN(C)/C3=C\C1C(C=O)COC(=O)C1O. The molecule has 0 bridgehead atoms. The Bertz CT molecular complexity index is 1310. The number of aliphatic hydroxyl groups excluding tert-OH is 1. The van der Waals surface area contributed by atoms with E-state index in [1.807, 2.05) is 46.6 Å². The van der Waals surface area contributed by atoms with E-state index in [2.05, 4.69) is 0 Å². The molecule has 0 spiro atoms. The molecule has 1 aliphatic carbocycles. The molecule has 1 aromatic carbocycles. The van der Waals surface area contributed by atoms with Crippen molar-refractivity contribution in [3.8, 4) is 0 Å². The van der Waals surface area contributed by atoms with Crippen LogP contribution >= 0.6 is 0 Å². The fraction of sp³-hybridized carbons (Fsp3) is 0.562. The number of rotatable bonds is 5. The molecule has 9 nitrogen and oxygen atoms in total. The van der Waals surface area contributed by atoms with Crippen molar-refractivity contribution in [3.63, 3.8) is 0 Å². The van der Waals surface area contributed by atoms with Gasteiger partial charge in [-0.2, -0.15) is 0 Å². The summed E-state index contributed by atoms with van der Waals surface area (Å²) >= 11 is 0. The monoisotopic (exact) mass is 587 g/mol. The second-order valence-electron chi connectivity index (χ2n) is 10.2. The molecule has 4 atom stereocenters. The van der Waals surface area contributed by atoms with Crippen molar-refractivity contribution in [2.45, 2.75) is 86.0 Å². The number of aliphatic hydroxyl groups is 1. The summed E-state index contributed by atoms with van der Waals surface area (Å²) in [7, 11) is 3.47. The van der Waals surface area contributed by atoms with Crippen LogP contribution in [0.3, 0.4) is 0 Å². The minimum atomic E-state index is -1.40. The number of pyridine rings is 1. The number of primary amides is 1. The van der Waals surface area contributed by atoms with Crippen LogP contribution in [0.15, 0.2) is 12.1 Å². The minimum absolute atomic E-state index is 0.0470. The molecule has 5 rings (SSSR count). The largest absolute Gasteiger partial charge is 0.463 e. The van der Waals surface area contributed by atoms with Gasteiger partial charge >= 0.3 is 5.97 Å². The summed E-state index contributed by atoms with van der Waals surface area (Å²) in [6, 6.07) is 1.50. The van der Waals surface area contributed by atoms with Gasteiger partial charge in [0, 0.05) is 43.6 Å². The number of benzene rings is 1. The van der Waals surface area contributed by atoms with Gasteiger partial charge in [0.2, 0.25) is 5.91 Å². The van der Waals surface area contributed by atoms with Crippen LogP contribution in [0.2, 0.25) is 0 Å². The van der Waals surface area contributed by atoms with Crippen LogP contribution in [0, 0.1) is 24.6 Å². The van der Waals surface area contributed by atoms with Gasteiger partial charge in [0.15, 0.2) is 6.10 Å². The van der Waals surface area contributed by atoms with Crippen LogP contribution in [0.25, 0.3) is 16.6 Å². The molecule has 0 radical (unpaired) electrons. The molecule has 1 saturated heterocycles. The fourth-order valence-electron chi connectivity index (χ4n) is 5.47. The van der Waals surface area contributed by atoms with E-state index in [0.29, 0.717) is 24.0 Å². The van der Waals surface area contributed by atoms with E-state index in [0.717, 1.165) is 53.5 Å². The molecule has 2 aromatic rings. The van der Waals surface area contributed by atoms with E-state index in [4.69, 9.17) is 20.2 Å². The van der Waals surface area contributed by atoms with Crippen molar-refractivity contribution in [2.24, 2.45) is 17.6 Å². The molecule has 2 aliphatic heterocycles. The van der Waals surface area contributed by atoms with Crippen molar-refractivity contribution < 1.29 is 33.4 Å². The lowest BCUT2D eigenvalue weighted by Crippen LogP contribution is -2.43. The number of esters is 1. The van der Waals surface area contributed by atoms with Gasteiger partial charge in [-0.05, 0) is 49.8 Å². The number of nitrogens with two attached hydrogens (primary N) is 1. The summed E-state index contributed by atoms with van der Waals surface area (Å²) < 4.78 is 24.2. The van der Waals surface area contributed by atoms with Crippen molar-refractivity contribution in [3.05, 3.63) is 45.9 Å². The molecule has 42 heavy (non-hydrogen) atoms. The number of methoxy groups -OCH3 is 1. The number of amides is 1. The quantitative estimate of drug-likeness (QED) is 0.392. The lowest BCUT2D eigenvalue weighted by molar-refractivity contribution is -0.167. The van der Waals surface area contributed by atoms with Crippen molar-refractivity contribution >= 4 is 34.8 Å². The maximum atomic E-state index is 14.6. The van der Waals surface area contributed by atoms with Gasteiger partial charge in [-0.25, -0.2) is 14.2 Å². The second kappa shape index (κ2) is 15.7. The Balaban J connectivity index is 0.000000443.